The molecular weight excluding hydrogens is 725 g/mol. The van der Waals surface area contributed by atoms with Crippen molar-refractivity contribution in [3.05, 3.63) is 52.8 Å². The molecule has 0 unspecified atom stereocenters. The number of ether oxygens (including phenoxy) is 1. The number of halogens is 7. The lowest BCUT2D eigenvalue weighted by atomic mass is 10.1. The third-order valence-electron chi connectivity index (χ3n) is 7.57. The van der Waals surface area contributed by atoms with Crippen molar-refractivity contribution in [3.63, 3.8) is 0 Å². The van der Waals surface area contributed by atoms with Gasteiger partial charge in [0.15, 0.2) is 12.4 Å². The summed E-state index contributed by atoms with van der Waals surface area (Å²) in [4.78, 5) is 44.5. The van der Waals surface area contributed by atoms with Gasteiger partial charge in [0.1, 0.15) is 17.3 Å². The molecule has 6 N–H and O–H groups in total. The highest BCUT2D eigenvalue weighted by atomic mass is 19.4. The van der Waals surface area contributed by atoms with Gasteiger partial charge in [0.2, 0.25) is 5.91 Å². The highest BCUT2D eigenvalue weighted by molar-refractivity contribution is 5.97. The molecule has 3 rings (SSSR count). The quantitative estimate of drug-likeness (QED) is 0.0756. The summed E-state index contributed by atoms with van der Waals surface area (Å²) in [5, 5.41) is 33.7. The molecule has 2 amide bonds. The lowest BCUT2D eigenvalue weighted by Gasteiger charge is -2.30. The molecule has 298 valence electrons. The predicted octanol–water partition coefficient (Wildman–Crippen LogP) is 5.20. The topological polar surface area (TPSA) is 178 Å². The number of alkyl halides is 6. The van der Waals surface area contributed by atoms with Crippen LogP contribution >= 0.6 is 0 Å². The highest BCUT2D eigenvalue weighted by Crippen LogP contribution is 2.39. The number of aromatic hydroxyl groups is 1. The second-order valence-corrected chi connectivity index (χ2v) is 11.8. The fourth-order valence-electron chi connectivity index (χ4n) is 4.76. The fourth-order valence-corrected chi connectivity index (χ4v) is 4.76. The van der Waals surface area contributed by atoms with E-state index in [4.69, 9.17) is 24.5 Å². The van der Waals surface area contributed by atoms with E-state index in [1.165, 1.54) is 6.07 Å². The van der Waals surface area contributed by atoms with Gasteiger partial charge < -0.3 is 40.9 Å². The number of unbranched alkanes of at least 4 members (excludes halogenated alkanes) is 1. The number of nitrogens with one attached hydrogen (secondary N) is 3. The maximum absolute atomic E-state index is 13.5. The Balaban J connectivity index is 0.000000845. The van der Waals surface area contributed by atoms with Gasteiger partial charge in [0, 0.05) is 32.1 Å². The van der Waals surface area contributed by atoms with E-state index < -0.39 is 24.3 Å². The smallest absolute Gasteiger partial charge is 0.490 e. The van der Waals surface area contributed by atoms with Gasteiger partial charge >= 0.3 is 24.3 Å². The van der Waals surface area contributed by atoms with Gasteiger partial charge in [-0.15, -0.1) is 0 Å². The number of fused-ring (bicyclic) bond motifs is 1. The Morgan fingerprint density at radius 3 is 2.09 bits per heavy atom. The minimum Gasteiger partial charge on any atom is -0.506 e. The molecule has 0 radical (unpaired) electrons. The van der Waals surface area contributed by atoms with Crippen LogP contribution in [0.2, 0.25) is 0 Å². The first kappa shape index (κ1) is 46.4. The third-order valence-corrected chi connectivity index (χ3v) is 7.57. The van der Waals surface area contributed by atoms with E-state index in [1.807, 2.05) is 11.0 Å². The number of hydrogen-bond acceptors (Lipinski definition) is 8. The number of phenolic OH excluding ortho intramolecular Hbond substituents is 1. The maximum Gasteiger partial charge on any atom is 0.490 e. The highest BCUT2D eigenvalue weighted by Gasteiger charge is 2.39. The summed E-state index contributed by atoms with van der Waals surface area (Å²) in [7, 11) is 0. The normalized spacial score (nSPS) is 12.8. The van der Waals surface area contributed by atoms with E-state index in [0.29, 0.717) is 56.0 Å². The second-order valence-electron chi connectivity index (χ2n) is 11.8. The summed E-state index contributed by atoms with van der Waals surface area (Å²) in [6.45, 7) is 9.27. The predicted molar refractivity (Wildman–Crippen MR) is 179 cm³/mol. The van der Waals surface area contributed by atoms with Crippen molar-refractivity contribution >= 4 is 29.4 Å². The van der Waals surface area contributed by atoms with Crippen LogP contribution in [0, 0.1) is 12.7 Å². The zero-order valence-electron chi connectivity index (χ0n) is 29.4. The molecule has 0 bridgehead atoms. The number of phenols is 1. The maximum atomic E-state index is 13.5. The van der Waals surface area contributed by atoms with Crippen molar-refractivity contribution in [2.24, 2.45) is 0 Å². The lowest BCUT2D eigenvalue weighted by molar-refractivity contribution is -0.193. The molecule has 0 saturated heterocycles. The summed E-state index contributed by atoms with van der Waals surface area (Å²) < 4.78 is 82.5. The van der Waals surface area contributed by atoms with Gasteiger partial charge in [-0.25, -0.2) is 14.0 Å². The van der Waals surface area contributed by atoms with E-state index in [1.54, 1.807) is 25.1 Å². The number of carbonyl (C=O) groups excluding carboxylic acids is 2. The molecule has 1 atom stereocenters. The van der Waals surface area contributed by atoms with Gasteiger partial charge in [-0.05, 0) is 75.0 Å². The number of amides is 2. The Bertz CT molecular complexity index is 1480. The molecule has 0 aliphatic carbocycles. The Labute approximate surface area is 301 Å². The fraction of sp³-hybridized carbons (Fsp3) is 0.529. The van der Waals surface area contributed by atoms with Gasteiger partial charge in [-0.3, -0.25) is 9.59 Å². The first-order valence-electron chi connectivity index (χ1n) is 16.5. The standard InChI is InChI=1S/C30H43FN4O4.2C2HF3O2/c1-4-5-6-22(3)35(28(38)13-16-32-14-11-23-7-9-25(31)21(2)19-23)18-17-33-15-12-24-8-10-26(36)29-30(24)39-20-27(37)34-29;2*3-2(4,5)1(6)7/h7-10,19,22,32-33,36H,4-6,11-18,20H2,1-3H3,(H,34,37);2*(H,6,7)/t22-;;/m1../s1. The number of carboxylic acids is 2. The Kier molecular flexibility index (Phi) is 19.6. The van der Waals surface area contributed by atoms with Crippen LogP contribution in [0.1, 0.15) is 56.2 Å². The number of hydrogen-bond donors (Lipinski definition) is 6. The van der Waals surface area contributed by atoms with E-state index in [0.717, 1.165) is 43.4 Å². The molecule has 2 aromatic rings. The Hall–Kier alpha value is -4.65. The van der Waals surface area contributed by atoms with Crippen molar-refractivity contribution < 1.29 is 70.0 Å². The number of carboxylic acid groups (broad SMARTS) is 2. The van der Waals surface area contributed by atoms with Crippen LogP contribution in [0.3, 0.4) is 0 Å². The number of aliphatic carboxylic acids is 2. The van der Waals surface area contributed by atoms with Crippen LogP contribution in [0.5, 0.6) is 11.5 Å². The second kappa shape index (κ2) is 22.4. The van der Waals surface area contributed by atoms with Crippen LogP contribution in [-0.2, 0) is 32.0 Å². The van der Waals surface area contributed by atoms with Crippen LogP contribution in [0.15, 0.2) is 30.3 Å². The average molecular weight is 771 g/mol. The van der Waals surface area contributed by atoms with Gasteiger partial charge in [0.05, 0.1) is 0 Å². The van der Waals surface area contributed by atoms with Crippen molar-refractivity contribution in [2.45, 2.75) is 77.7 Å². The molecule has 0 fully saturated rings. The molecular formula is C34H45F7N4O8. The minimum atomic E-state index is -5.08. The van der Waals surface area contributed by atoms with Crippen molar-refractivity contribution in [2.75, 3.05) is 44.6 Å². The molecule has 1 aliphatic heterocycles. The Morgan fingerprint density at radius 2 is 1.53 bits per heavy atom. The summed E-state index contributed by atoms with van der Waals surface area (Å²) in [5.74, 6) is -5.34. The lowest BCUT2D eigenvalue weighted by Crippen LogP contribution is -2.43. The molecule has 19 heteroatoms. The summed E-state index contributed by atoms with van der Waals surface area (Å²) in [6.07, 6.45) is -5.14. The van der Waals surface area contributed by atoms with E-state index in [9.17, 15) is 45.4 Å². The molecule has 0 spiro atoms. The first-order valence-corrected chi connectivity index (χ1v) is 16.5. The monoisotopic (exact) mass is 770 g/mol. The zero-order valence-corrected chi connectivity index (χ0v) is 29.4. The van der Waals surface area contributed by atoms with E-state index in [2.05, 4.69) is 29.8 Å². The van der Waals surface area contributed by atoms with Gasteiger partial charge in [-0.1, -0.05) is 38.0 Å². The minimum absolute atomic E-state index is 0.00924. The number of nitrogens with zero attached hydrogens (tertiary/aromatic N) is 1. The molecule has 53 heavy (non-hydrogen) atoms. The largest absolute Gasteiger partial charge is 0.506 e. The third kappa shape index (κ3) is 17.6. The average Bonchev–Trinajstić information content (AvgIpc) is 3.07. The SMILES string of the molecule is CCCC[C@@H](C)N(CCNCCc1ccc(O)c2c1OCC(=O)N2)C(=O)CCNCCc1ccc(F)c(C)c1.O=C(O)C(F)(F)F.O=C(O)C(F)(F)F. The van der Waals surface area contributed by atoms with Gasteiger partial charge in [0.25, 0.3) is 5.91 Å². The number of carbonyl (C=O) groups is 4. The van der Waals surface area contributed by atoms with E-state index >= 15 is 0 Å². The first-order chi connectivity index (χ1) is 24.7. The molecule has 2 aromatic carbocycles. The van der Waals surface area contributed by atoms with Gasteiger partial charge in [-0.2, -0.15) is 26.3 Å². The molecule has 0 aromatic heterocycles. The molecule has 1 heterocycles. The number of aryl methyl sites for hydroxylation is 1. The van der Waals surface area contributed by atoms with E-state index in [-0.39, 0.29) is 36.0 Å². The summed E-state index contributed by atoms with van der Waals surface area (Å²) in [5.41, 5.74) is 2.96. The van der Waals surface area contributed by atoms with Crippen molar-refractivity contribution in [1.29, 1.82) is 0 Å². The Morgan fingerprint density at radius 1 is 0.943 bits per heavy atom. The number of anilines is 1. The molecule has 1 aliphatic rings. The van der Waals surface area contributed by atoms with Crippen LogP contribution in [-0.4, -0.2) is 102 Å². The molecule has 0 saturated carbocycles. The number of rotatable bonds is 16. The van der Waals surface area contributed by atoms with Crippen molar-refractivity contribution in [1.82, 2.24) is 15.5 Å². The zero-order chi connectivity index (χ0) is 40.4. The van der Waals surface area contributed by atoms with Crippen LogP contribution in [0.4, 0.5) is 36.4 Å². The number of benzene rings is 2. The molecule has 12 nitrogen and oxygen atoms in total. The van der Waals surface area contributed by atoms with Crippen LogP contribution in [0.25, 0.3) is 0 Å². The van der Waals surface area contributed by atoms with Crippen molar-refractivity contribution in [3.8, 4) is 11.5 Å². The summed E-state index contributed by atoms with van der Waals surface area (Å²) >= 11 is 0. The van der Waals surface area contributed by atoms with Crippen LogP contribution < -0.4 is 20.7 Å². The summed E-state index contributed by atoms with van der Waals surface area (Å²) in [6, 6.07) is 8.72.